The van der Waals surface area contributed by atoms with Gasteiger partial charge in [-0.15, -0.1) is 10.2 Å². The Hall–Kier alpha value is -1.81. The van der Waals surface area contributed by atoms with Gasteiger partial charge in [0, 0.05) is 31.9 Å². The molecule has 0 amide bonds. The van der Waals surface area contributed by atoms with E-state index >= 15 is 0 Å². The number of rotatable bonds is 2. The van der Waals surface area contributed by atoms with E-state index in [2.05, 4.69) is 51.2 Å². The highest BCUT2D eigenvalue weighted by molar-refractivity contribution is 6.30. The first-order chi connectivity index (χ1) is 10.1. The minimum atomic E-state index is 0.483. The zero-order valence-electron chi connectivity index (χ0n) is 12.4. The lowest BCUT2D eigenvalue weighted by Gasteiger charge is -2.36. The molecule has 2 aromatic rings. The van der Waals surface area contributed by atoms with Gasteiger partial charge in [-0.3, -0.25) is 0 Å². The van der Waals surface area contributed by atoms with E-state index in [1.54, 1.807) is 0 Å². The highest BCUT2D eigenvalue weighted by Crippen LogP contribution is 2.21. The van der Waals surface area contributed by atoms with Crippen molar-refractivity contribution in [1.82, 2.24) is 10.2 Å². The number of anilines is 2. The van der Waals surface area contributed by atoms with Crippen LogP contribution >= 0.6 is 11.6 Å². The minimum Gasteiger partial charge on any atom is -0.368 e. The van der Waals surface area contributed by atoms with E-state index in [-0.39, 0.29) is 0 Å². The molecule has 0 saturated carbocycles. The molecule has 1 fully saturated rings. The average Bonchev–Trinajstić information content (AvgIpc) is 2.50. The van der Waals surface area contributed by atoms with Crippen LogP contribution in [0, 0.1) is 13.8 Å². The van der Waals surface area contributed by atoms with Crippen LogP contribution in [0.3, 0.4) is 0 Å². The summed E-state index contributed by atoms with van der Waals surface area (Å²) in [6, 6.07) is 10.7. The second kappa shape index (κ2) is 5.90. The van der Waals surface area contributed by atoms with Crippen LogP contribution in [0.2, 0.25) is 5.15 Å². The molecule has 3 rings (SSSR count). The molecule has 2 heterocycles. The Labute approximate surface area is 130 Å². The first kappa shape index (κ1) is 14.1. The van der Waals surface area contributed by atoms with Crippen molar-refractivity contribution < 1.29 is 0 Å². The van der Waals surface area contributed by atoms with E-state index in [9.17, 15) is 0 Å². The van der Waals surface area contributed by atoms with Crippen LogP contribution in [-0.4, -0.2) is 36.4 Å². The summed E-state index contributed by atoms with van der Waals surface area (Å²) < 4.78 is 0. The minimum absolute atomic E-state index is 0.483. The van der Waals surface area contributed by atoms with Gasteiger partial charge in [0.2, 0.25) is 0 Å². The molecule has 1 aliphatic heterocycles. The van der Waals surface area contributed by atoms with E-state index in [1.165, 1.54) is 11.3 Å². The number of benzene rings is 1. The van der Waals surface area contributed by atoms with Crippen LogP contribution in [0.5, 0.6) is 0 Å². The average molecular weight is 303 g/mol. The summed E-state index contributed by atoms with van der Waals surface area (Å²) in [6.45, 7) is 7.97. The molecule has 1 aliphatic rings. The largest absolute Gasteiger partial charge is 0.368 e. The van der Waals surface area contributed by atoms with E-state index < -0.39 is 0 Å². The third-order valence-corrected chi connectivity index (χ3v) is 4.26. The predicted octanol–water partition coefficient (Wildman–Crippen LogP) is 3.07. The third kappa shape index (κ3) is 3.10. The summed E-state index contributed by atoms with van der Waals surface area (Å²) >= 11 is 5.94. The molecule has 0 radical (unpaired) electrons. The van der Waals surface area contributed by atoms with Crippen molar-refractivity contribution >= 4 is 23.1 Å². The summed E-state index contributed by atoms with van der Waals surface area (Å²) in [5.41, 5.74) is 3.57. The number of nitrogens with zero attached hydrogens (tertiary/aromatic N) is 4. The van der Waals surface area contributed by atoms with Gasteiger partial charge in [0.1, 0.15) is 0 Å². The number of piperazine rings is 1. The molecule has 4 nitrogen and oxygen atoms in total. The molecular weight excluding hydrogens is 284 g/mol. The van der Waals surface area contributed by atoms with Crippen LogP contribution in [0.4, 0.5) is 11.5 Å². The number of aryl methyl sites for hydroxylation is 2. The van der Waals surface area contributed by atoms with Gasteiger partial charge in [0.15, 0.2) is 11.0 Å². The molecule has 0 unspecified atom stereocenters. The molecule has 0 atom stereocenters. The van der Waals surface area contributed by atoms with Crippen molar-refractivity contribution in [3.63, 3.8) is 0 Å². The topological polar surface area (TPSA) is 32.3 Å². The van der Waals surface area contributed by atoms with Gasteiger partial charge in [0.25, 0.3) is 0 Å². The van der Waals surface area contributed by atoms with Gasteiger partial charge < -0.3 is 9.80 Å². The number of halogens is 1. The summed E-state index contributed by atoms with van der Waals surface area (Å²) in [5.74, 6) is 0.917. The molecule has 1 aromatic carbocycles. The number of hydrogen-bond acceptors (Lipinski definition) is 4. The Kier molecular flexibility index (Phi) is 3.97. The molecular formula is C16H19ClN4. The van der Waals surface area contributed by atoms with Gasteiger partial charge >= 0.3 is 0 Å². The molecule has 0 N–H and O–H groups in total. The van der Waals surface area contributed by atoms with Gasteiger partial charge in [-0.1, -0.05) is 23.7 Å². The monoisotopic (exact) mass is 302 g/mol. The molecule has 1 saturated heterocycles. The Balaban J connectivity index is 1.68. The van der Waals surface area contributed by atoms with Crippen LogP contribution in [0.15, 0.2) is 30.3 Å². The molecule has 1 aromatic heterocycles. The van der Waals surface area contributed by atoms with E-state index in [1.807, 2.05) is 13.0 Å². The van der Waals surface area contributed by atoms with Crippen LogP contribution in [0.1, 0.15) is 11.1 Å². The fourth-order valence-electron chi connectivity index (χ4n) is 2.63. The molecule has 21 heavy (non-hydrogen) atoms. The second-order valence-electron chi connectivity index (χ2n) is 5.49. The third-order valence-electron chi connectivity index (χ3n) is 3.88. The smallest absolute Gasteiger partial charge is 0.154 e. The molecule has 110 valence electrons. The quantitative estimate of drug-likeness (QED) is 0.853. The van der Waals surface area contributed by atoms with Crippen LogP contribution < -0.4 is 9.80 Å². The lowest BCUT2D eigenvalue weighted by molar-refractivity contribution is 0.643. The number of aromatic nitrogens is 2. The zero-order chi connectivity index (χ0) is 14.8. The van der Waals surface area contributed by atoms with Crippen molar-refractivity contribution in [3.05, 3.63) is 46.6 Å². The highest BCUT2D eigenvalue weighted by Gasteiger charge is 2.19. The Bertz CT molecular complexity index is 636. The second-order valence-corrected chi connectivity index (χ2v) is 5.85. The molecule has 0 spiro atoms. The Morgan fingerprint density at radius 1 is 0.952 bits per heavy atom. The van der Waals surface area contributed by atoms with Crippen molar-refractivity contribution in [3.8, 4) is 0 Å². The Morgan fingerprint density at radius 2 is 1.67 bits per heavy atom. The van der Waals surface area contributed by atoms with Gasteiger partial charge in [-0.05, 0) is 43.2 Å². The normalized spacial score (nSPS) is 15.4. The van der Waals surface area contributed by atoms with Crippen LogP contribution in [-0.2, 0) is 0 Å². The van der Waals surface area contributed by atoms with Crippen molar-refractivity contribution in [1.29, 1.82) is 0 Å². The van der Waals surface area contributed by atoms with Crippen molar-refractivity contribution in [2.45, 2.75) is 13.8 Å². The fraction of sp³-hybridized carbons (Fsp3) is 0.375. The number of hydrogen-bond donors (Lipinski definition) is 0. The van der Waals surface area contributed by atoms with Gasteiger partial charge in [-0.2, -0.15) is 0 Å². The standard InChI is InChI=1S/C16H19ClN4/c1-12-4-3-5-14(10-12)20-6-8-21(9-7-20)15-11-13(2)16(17)19-18-15/h3-5,10-11H,6-9H2,1-2H3. The molecule has 0 aliphatic carbocycles. The van der Waals surface area contributed by atoms with E-state index in [0.717, 1.165) is 37.6 Å². The lowest BCUT2D eigenvalue weighted by Crippen LogP contribution is -2.47. The van der Waals surface area contributed by atoms with Crippen molar-refractivity contribution in [2.75, 3.05) is 36.0 Å². The summed E-state index contributed by atoms with van der Waals surface area (Å²) in [7, 11) is 0. The predicted molar refractivity (Wildman–Crippen MR) is 87.4 cm³/mol. The van der Waals surface area contributed by atoms with E-state index in [0.29, 0.717) is 5.15 Å². The maximum Gasteiger partial charge on any atom is 0.154 e. The maximum atomic E-state index is 5.94. The SMILES string of the molecule is Cc1cccc(N2CCN(c3cc(C)c(Cl)nn3)CC2)c1. The summed E-state index contributed by atoms with van der Waals surface area (Å²) in [6.07, 6.45) is 0. The maximum absolute atomic E-state index is 5.94. The van der Waals surface area contributed by atoms with Gasteiger partial charge in [0.05, 0.1) is 0 Å². The first-order valence-corrected chi connectivity index (χ1v) is 7.58. The fourth-order valence-corrected chi connectivity index (χ4v) is 2.72. The van der Waals surface area contributed by atoms with Crippen LogP contribution in [0.25, 0.3) is 0 Å². The van der Waals surface area contributed by atoms with Gasteiger partial charge in [-0.25, -0.2) is 0 Å². The summed E-state index contributed by atoms with van der Waals surface area (Å²) in [4.78, 5) is 4.68. The summed E-state index contributed by atoms with van der Waals surface area (Å²) in [5, 5.41) is 8.69. The zero-order valence-corrected chi connectivity index (χ0v) is 13.1. The first-order valence-electron chi connectivity index (χ1n) is 7.20. The highest BCUT2D eigenvalue weighted by atomic mass is 35.5. The Morgan fingerprint density at radius 3 is 2.33 bits per heavy atom. The van der Waals surface area contributed by atoms with Crippen molar-refractivity contribution in [2.24, 2.45) is 0 Å². The lowest BCUT2D eigenvalue weighted by atomic mass is 10.2. The molecule has 5 heteroatoms. The molecule has 0 bridgehead atoms. The van der Waals surface area contributed by atoms with E-state index in [4.69, 9.17) is 11.6 Å².